The van der Waals surface area contributed by atoms with Crippen molar-refractivity contribution in [1.82, 2.24) is 5.32 Å². The molecule has 0 saturated carbocycles. The van der Waals surface area contributed by atoms with Crippen molar-refractivity contribution >= 4 is 33.9 Å². The zero-order valence-corrected chi connectivity index (χ0v) is 12.2. The van der Waals surface area contributed by atoms with Crippen molar-refractivity contribution < 1.29 is 19.4 Å². The summed E-state index contributed by atoms with van der Waals surface area (Å²) in [5.74, 6) is -0.810. The number of carbonyl (C=O) groups excluding carboxylic acids is 1. The summed E-state index contributed by atoms with van der Waals surface area (Å²) < 4.78 is 6.24. The first kappa shape index (κ1) is 15.2. The van der Waals surface area contributed by atoms with Gasteiger partial charge in [-0.25, -0.2) is 4.79 Å². The standard InChI is InChI=1S/C13H14BrNO4/c1-8-5-10(14)6-9(3-4-12(17)18)13(8)19-7-11(16)15-2/h3-6H,7H2,1-2H3,(H,15,16)(H,17,18)/b4-3+. The van der Waals surface area contributed by atoms with Gasteiger partial charge >= 0.3 is 5.97 Å². The molecule has 0 spiro atoms. The Morgan fingerprint density at radius 3 is 2.74 bits per heavy atom. The Kier molecular flexibility index (Phi) is 5.57. The number of carbonyl (C=O) groups is 2. The van der Waals surface area contributed by atoms with Crippen molar-refractivity contribution in [3.05, 3.63) is 33.8 Å². The first-order chi connectivity index (χ1) is 8.93. The molecule has 0 aromatic heterocycles. The fourth-order valence-corrected chi connectivity index (χ4v) is 2.04. The highest BCUT2D eigenvalue weighted by atomic mass is 79.9. The first-order valence-corrected chi connectivity index (χ1v) is 6.28. The van der Waals surface area contributed by atoms with E-state index in [1.807, 2.05) is 13.0 Å². The van der Waals surface area contributed by atoms with E-state index in [0.29, 0.717) is 11.3 Å². The first-order valence-electron chi connectivity index (χ1n) is 5.48. The zero-order valence-electron chi connectivity index (χ0n) is 10.6. The molecule has 0 radical (unpaired) electrons. The molecule has 0 aliphatic rings. The van der Waals surface area contributed by atoms with Crippen LogP contribution in [-0.4, -0.2) is 30.6 Å². The number of carboxylic acid groups (broad SMARTS) is 1. The molecule has 0 aliphatic heterocycles. The number of hydrogen-bond donors (Lipinski definition) is 2. The third kappa shape index (κ3) is 4.75. The second-order valence-electron chi connectivity index (χ2n) is 3.77. The third-order valence-corrected chi connectivity index (χ3v) is 2.76. The number of rotatable bonds is 5. The van der Waals surface area contributed by atoms with E-state index in [2.05, 4.69) is 21.2 Å². The average molecular weight is 328 g/mol. The summed E-state index contributed by atoms with van der Waals surface area (Å²) >= 11 is 3.33. The van der Waals surface area contributed by atoms with Gasteiger partial charge in [0.25, 0.3) is 5.91 Å². The maximum absolute atomic E-state index is 11.2. The van der Waals surface area contributed by atoms with Crippen molar-refractivity contribution in [2.75, 3.05) is 13.7 Å². The highest BCUT2D eigenvalue weighted by Gasteiger charge is 2.09. The molecule has 102 valence electrons. The lowest BCUT2D eigenvalue weighted by atomic mass is 10.1. The Labute approximate surface area is 119 Å². The molecule has 6 heteroatoms. The number of benzene rings is 1. The molecule has 0 aliphatic carbocycles. The molecule has 0 heterocycles. The molecule has 2 N–H and O–H groups in total. The Morgan fingerprint density at radius 1 is 1.47 bits per heavy atom. The van der Waals surface area contributed by atoms with E-state index in [-0.39, 0.29) is 12.5 Å². The predicted octanol–water partition coefficient (Wildman–Crippen LogP) is 1.98. The summed E-state index contributed by atoms with van der Waals surface area (Å²) in [6.45, 7) is 1.70. The normalized spacial score (nSPS) is 10.5. The lowest BCUT2D eigenvalue weighted by molar-refractivity contribution is -0.131. The van der Waals surface area contributed by atoms with Gasteiger partial charge in [-0.2, -0.15) is 0 Å². The summed E-state index contributed by atoms with van der Waals surface area (Å²) in [5, 5.41) is 11.1. The number of likely N-dealkylation sites (N-methyl/N-ethyl adjacent to an activating group) is 1. The van der Waals surface area contributed by atoms with Gasteiger partial charge in [-0.05, 0) is 30.7 Å². The van der Waals surface area contributed by atoms with Crippen molar-refractivity contribution in [3.63, 3.8) is 0 Å². The smallest absolute Gasteiger partial charge is 0.328 e. The van der Waals surface area contributed by atoms with Crippen molar-refractivity contribution in [1.29, 1.82) is 0 Å². The van der Waals surface area contributed by atoms with Gasteiger partial charge in [0.1, 0.15) is 5.75 Å². The van der Waals surface area contributed by atoms with Crippen LogP contribution in [0.5, 0.6) is 5.75 Å². The molecule has 1 aromatic rings. The summed E-state index contributed by atoms with van der Waals surface area (Å²) in [6, 6.07) is 3.56. The lowest BCUT2D eigenvalue weighted by Gasteiger charge is -2.12. The minimum absolute atomic E-state index is 0.118. The molecule has 0 atom stereocenters. The molecule has 0 saturated heterocycles. The van der Waals surface area contributed by atoms with Crippen LogP contribution < -0.4 is 10.1 Å². The fraction of sp³-hybridized carbons (Fsp3) is 0.231. The molecule has 1 aromatic carbocycles. The van der Waals surface area contributed by atoms with E-state index in [4.69, 9.17) is 9.84 Å². The van der Waals surface area contributed by atoms with Gasteiger partial charge in [-0.3, -0.25) is 4.79 Å². The number of amides is 1. The van der Waals surface area contributed by atoms with Gasteiger partial charge in [0.2, 0.25) is 0 Å². The number of carboxylic acids is 1. The van der Waals surface area contributed by atoms with Crippen LogP contribution in [0.15, 0.2) is 22.7 Å². The van der Waals surface area contributed by atoms with Gasteiger partial charge in [0.15, 0.2) is 6.61 Å². The molecular formula is C13H14BrNO4. The lowest BCUT2D eigenvalue weighted by Crippen LogP contribution is -2.25. The summed E-state index contributed by atoms with van der Waals surface area (Å²) in [6.07, 6.45) is 2.45. The minimum Gasteiger partial charge on any atom is -0.483 e. The van der Waals surface area contributed by atoms with Crippen LogP contribution in [0.4, 0.5) is 0 Å². The fourth-order valence-electron chi connectivity index (χ4n) is 1.45. The van der Waals surface area contributed by atoms with Crippen molar-refractivity contribution in [2.24, 2.45) is 0 Å². The molecular weight excluding hydrogens is 314 g/mol. The average Bonchev–Trinajstić information content (AvgIpc) is 2.34. The van der Waals surface area contributed by atoms with E-state index in [0.717, 1.165) is 16.1 Å². The second kappa shape index (κ2) is 6.94. The van der Waals surface area contributed by atoms with Crippen LogP contribution >= 0.6 is 15.9 Å². The summed E-state index contributed by atoms with van der Waals surface area (Å²) in [4.78, 5) is 21.7. The monoisotopic (exact) mass is 327 g/mol. The van der Waals surface area contributed by atoms with Crippen LogP contribution in [0, 0.1) is 6.92 Å². The molecule has 5 nitrogen and oxygen atoms in total. The van der Waals surface area contributed by atoms with E-state index in [1.54, 1.807) is 6.07 Å². The Hall–Kier alpha value is -1.82. The van der Waals surface area contributed by atoms with Crippen LogP contribution in [0.2, 0.25) is 0 Å². The zero-order chi connectivity index (χ0) is 14.4. The maximum atomic E-state index is 11.2. The van der Waals surface area contributed by atoms with Crippen LogP contribution in [0.3, 0.4) is 0 Å². The molecule has 1 amide bonds. The topological polar surface area (TPSA) is 75.6 Å². The second-order valence-corrected chi connectivity index (χ2v) is 4.69. The van der Waals surface area contributed by atoms with Crippen LogP contribution in [-0.2, 0) is 9.59 Å². The molecule has 19 heavy (non-hydrogen) atoms. The molecule has 0 bridgehead atoms. The quantitative estimate of drug-likeness (QED) is 0.811. The number of hydrogen-bond acceptors (Lipinski definition) is 3. The van der Waals surface area contributed by atoms with E-state index < -0.39 is 5.97 Å². The molecule has 0 fully saturated rings. The van der Waals surface area contributed by atoms with Crippen LogP contribution in [0.25, 0.3) is 6.08 Å². The van der Waals surface area contributed by atoms with Gasteiger partial charge in [0, 0.05) is 23.2 Å². The Morgan fingerprint density at radius 2 is 2.16 bits per heavy atom. The number of nitrogens with one attached hydrogen (secondary N) is 1. The number of aliphatic carboxylic acids is 1. The molecule has 0 unspecified atom stereocenters. The van der Waals surface area contributed by atoms with Crippen molar-refractivity contribution in [2.45, 2.75) is 6.92 Å². The van der Waals surface area contributed by atoms with Crippen LogP contribution in [0.1, 0.15) is 11.1 Å². The summed E-state index contributed by atoms with van der Waals surface area (Å²) in [5.41, 5.74) is 1.40. The largest absolute Gasteiger partial charge is 0.483 e. The van der Waals surface area contributed by atoms with Gasteiger partial charge < -0.3 is 15.2 Å². The molecule has 1 rings (SSSR count). The highest BCUT2D eigenvalue weighted by molar-refractivity contribution is 9.10. The summed E-state index contributed by atoms with van der Waals surface area (Å²) in [7, 11) is 1.52. The number of aryl methyl sites for hydroxylation is 1. The Balaban J connectivity index is 3.06. The van der Waals surface area contributed by atoms with Gasteiger partial charge in [-0.15, -0.1) is 0 Å². The third-order valence-electron chi connectivity index (χ3n) is 2.30. The number of halogens is 1. The van der Waals surface area contributed by atoms with E-state index >= 15 is 0 Å². The highest BCUT2D eigenvalue weighted by Crippen LogP contribution is 2.29. The number of ether oxygens (including phenoxy) is 1. The van der Waals surface area contributed by atoms with E-state index in [9.17, 15) is 9.59 Å². The van der Waals surface area contributed by atoms with E-state index in [1.165, 1.54) is 13.1 Å². The maximum Gasteiger partial charge on any atom is 0.328 e. The SMILES string of the molecule is CNC(=O)COc1c(C)cc(Br)cc1/C=C/C(=O)O. The predicted molar refractivity (Wildman–Crippen MR) is 75.1 cm³/mol. The Bertz CT molecular complexity index is 526. The van der Waals surface area contributed by atoms with Gasteiger partial charge in [0.05, 0.1) is 0 Å². The van der Waals surface area contributed by atoms with Crippen molar-refractivity contribution in [3.8, 4) is 5.75 Å². The van der Waals surface area contributed by atoms with Gasteiger partial charge in [-0.1, -0.05) is 15.9 Å². The minimum atomic E-state index is -1.05.